The quantitative estimate of drug-likeness (QED) is 0.509. The molecule has 6 nitrogen and oxygen atoms in total. The van der Waals surface area contributed by atoms with Gasteiger partial charge in [-0.2, -0.15) is 0 Å². The number of imide groups is 1. The Hall–Kier alpha value is -2.93. The zero-order chi connectivity index (χ0) is 18.1. The fourth-order valence-corrected chi connectivity index (χ4v) is 3.51. The van der Waals surface area contributed by atoms with Crippen LogP contribution in [0.3, 0.4) is 0 Å². The maximum absolute atomic E-state index is 12.3. The van der Waals surface area contributed by atoms with Gasteiger partial charge in [0.2, 0.25) is 5.89 Å². The molecule has 2 aromatic carbocycles. The van der Waals surface area contributed by atoms with E-state index in [4.69, 9.17) is 4.42 Å². The fourth-order valence-electron chi connectivity index (χ4n) is 2.83. The van der Waals surface area contributed by atoms with Crippen molar-refractivity contribution >= 4 is 23.6 Å². The van der Waals surface area contributed by atoms with Crippen LogP contribution >= 0.6 is 11.8 Å². The van der Waals surface area contributed by atoms with E-state index in [2.05, 4.69) is 10.2 Å². The Morgan fingerprint density at radius 1 is 1.00 bits per heavy atom. The van der Waals surface area contributed by atoms with E-state index in [1.807, 2.05) is 31.2 Å². The molecule has 26 heavy (non-hydrogen) atoms. The van der Waals surface area contributed by atoms with Crippen LogP contribution in [0.15, 0.2) is 58.2 Å². The Kier molecular flexibility index (Phi) is 4.30. The van der Waals surface area contributed by atoms with Crippen molar-refractivity contribution in [2.45, 2.75) is 12.1 Å². The van der Waals surface area contributed by atoms with Crippen LogP contribution < -0.4 is 0 Å². The molecule has 1 aliphatic heterocycles. The lowest BCUT2D eigenvalue weighted by molar-refractivity contribution is 0.0664. The molecular weight excluding hydrogens is 350 g/mol. The van der Waals surface area contributed by atoms with Crippen LogP contribution in [-0.2, 0) is 0 Å². The number of hydrogen-bond donors (Lipinski definition) is 0. The number of carbonyl (C=O) groups excluding carboxylic acids is 2. The summed E-state index contributed by atoms with van der Waals surface area (Å²) < 4.78 is 5.66. The van der Waals surface area contributed by atoms with E-state index < -0.39 is 0 Å². The second kappa shape index (κ2) is 6.76. The molecule has 130 valence electrons. The molecule has 1 aromatic heterocycles. The summed E-state index contributed by atoms with van der Waals surface area (Å²) in [5, 5.41) is 8.49. The van der Waals surface area contributed by atoms with Gasteiger partial charge in [-0.05, 0) is 31.2 Å². The van der Waals surface area contributed by atoms with Crippen molar-refractivity contribution in [3.05, 3.63) is 65.2 Å². The summed E-state index contributed by atoms with van der Waals surface area (Å²) in [6.45, 7) is 2.29. The predicted octanol–water partition coefficient (Wildman–Crippen LogP) is 3.43. The summed E-state index contributed by atoms with van der Waals surface area (Å²) in [7, 11) is 0. The van der Waals surface area contributed by atoms with Gasteiger partial charge < -0.3 is 4.42 Å². The van der Waals surface area contributed by atoms with Crippen molar-refractivity contribution in [2.75, 3.05) is 12.3 Å². The number of aryl methyl sites for hydroxylation is 1. The van der Waals surface area contributed by atoms with Crippen LogP contribution in [0.5, 0.6) is 0 Å². The molecule has 0 saturated heterocycles. The lowest BCUT2D eigenvalue weighted by atomic mass is 10.1. The van der Waals surface area contributed by atoms with Gasteiger partial charge in [0.15, 0.2) is 0 Å². The molecule has 3 aromatic rings. The molecule has 0 aliphatic carbocycles. The topological polar surface area (TPSA) is 76.3 Å². The highest BCUT2D eigenvalue weighted by Gasteiger charge is 2.34. The van der Waals surface area contributed by atoms with E-state index in [0.29, 0.717) is 34.5 Å². The lowest BCUT2D eigenvalue weighted by Crippen LogP contribution is -2.31. The Labute approximate surface area is 154 Å². The maximum atomic E-state index is 12.3. The van der Waals surface area contributed by atoms with Gasteiger partial charge >= 0.3 is 0 Å². The van der Waals surface area contributed by atoms with Crippen molar-refractivity contribution in [1.82, 2.24) is 15.1 Å². The van der Waals surface area contributed by atoms with Crippen LogP contribution in [0.2, 0.25) is 0 Å². The van der Waals surface area contributed by atoms with Crippen molar-refractivity contribution in [3.8, 4) is 11.5 Å². The summed E-state index contributed by atoms with van der Waals surface area (Å²) >= 11 is 1.32. The molecule has 0 N–H and O–H groups in total. The molecule has 1 aliphatic rings. The van der Waals surface area contributed by atoms with Crippen LogP contribution in [0, 0.1) is 6.92 Å². The first-order valence-electron chi connectivity index (χ1n) is 8.12. The minimum absolute atomic E-state index is 0.253. The number of nitrogens with zero attached hydrogens (tertiary/aromatic N) is 3. The molecule has 0 bridgehead atoms. The zero-order valence-corrected chi connectivity index (χ0v) is 14.8. The molecule has 4 rings (SSSR count). The first-order chi connectivity index (χ1) is 12.6. The Morgan fingerprint density at radius 3 is 2.42 bits per heavy atom. The van der Waals surface area contributed by atoms with Gasteiger partial charge in [0.1, 0.15) is 0 Å². The zero-order valence-electron chi connectivity index (χ0n) is 14.0. The molecule has 2 heterocycles. The number of rotatable bonds is 5. The van der Waals surface area contributed by atoms with Crippen molar-refractivity contribution in [2.24, 2.45) is 0 Å². The molecular formula is C19H15N3O3S. The molecule has 2 amide bonds. The Morgan fingerprint density at radius 2 is 1.73 bits per heavy atom. The van der Waals surface area contributed by atoms with Crippen LogP contribution in [0.4, 0.5) is 0 Å². The highest BCUT2D eigenvalue weighted by Crippen LogP contribution is 2.26. The molecule has 0 saturated carbocycles. The standard InChI is InChI=1S/C19H15N3O3S/c1-12-5-4-6-13(11-12)16-20-21-19(25-16)26-10-9-22-17(23)14-7-2-3-8-15(14)18(22)24/h2-8,11H,9-10H2,1H3. The van der Waals surface area contributed by atoms with Crippen molar-refractivity contribution < 1.29 is 14.0 Å². The molecule has 0 unspecified atom stereocenters. The van der Waals surface area contributed by atoms with Crippen LogP contribution in [0.25, 0.3) is 11.5 Å². The molecule has 0 spiro atoms. The highest BCUT2D eigenvalue weighted by atomic mass is 32.2. The summed E-state index contributed by atoms with van der Waals surface area (Å²) in [5.74, 6) is 0.437. The van der Waals surface area contributed by atoms with Gasteiger partial charge in [-0.1, -0.05) is 41.6 Å². The molecule has 0 fully saturated rings. The van der Waals surface area contributed by atoms with E-state index in [-0.39, 0.29) is 11.8 Å². The predicted molar refractivity (Wildman–Crippen MR) is 97.0 cm³/mol. The van der Waals surface area contributed by atoms with Crippen LogP contribution in [-0.4, -0.2) is 39.2 Å². The summed E-state index contributed by atoms with van der Waals surface area (Å²) in [5.41, 5.74) is 2.90. The molecule has 7 heteroatoms. The number of thioether (sulfide) groups is 1. The van der Waals surface area contributed by atoms with E-state index >= 15 is 0 Å². The number of aromatic nitrogens is 2. The third-order valence-corrected chi connectivity index (χ3v) is 4.89. The summed E-state index contributed by atoms with van der Waals surface area (Å²) in [4.78, 5) is 25.9. The van der Waals surface area contributed by atoms with Crippen molar-refractivity contribution in [3.63, 3.8) is 0 Å². The van der Waals surface area contributed by atoms with Gasteiger partial charge in [-0.3, -0.25) is 14.5 Å². The highest BCUT2D eigenvalue weighted by molar-refractivity contribution is 7.99. The summed E-state index contributed by atoms with van der Waals surface area (Å²) in [6.07, 6.45) is 0. The molecule has 0 atom stereocenters. The van der Waals surface area contributed by atoms with Gasteiger partial charge in [0.05, 0.1) is 11.1 Å². The largest absolute Gasteiger partial charge is 0.411 e. The second-order valence-electron chi connectivity index (χ2n) is 5.90. The minimum atomic E-state index is -0.253. The van der Waals surface area contributed by atoms with Gasteiger partial charge in [0.25, 0.3) is 17.0 Å². The smallest absolute Gasteiger partial charge is 0.276 e. The first-order valence-corrected chi connectivity index (χ1v) is 9.10. The normalized spacial score (nSPS) is 13.3. The van der Waals surface area contributed by atoms with E-state index in [0.717, 1.165) is 11.1 Å². The second-order valence-corrected chi connectivity index (χ2v) is 6.94. The number of amides is 2. The van der Waals surface area contributed by atoms with Gasteiger partial charge in [-0.25, -0.2) is 0 Å². The third kappa shape index (κ3) is 3.01. The first kappa shape index (κ1) is 16.5. The SMILES string of the molecule is Cc1cccc(-c2nnc(SCCN3C(=O)c4ccccc4C3=O)o2)c1. The monoisotopic (exact) mass is 365 g/mol. The fraction of sp³-hybridized carbons (Fsp3) is 0.158. The van der Waals surface area contributed by atoms with Gasteiger partial charge in [-0.15, -0.1) is 10.2 Å². The number of carbonyl (C=O) groups is 2. The number of fused-ring (bicyclic) bond motifs is 1. The average Bonchev–Trinajstić information content (AvgIpc) is 3.21. The lowest BCUT2D eigenvalue weighted by Gasteiger charge is -2.12. The number of hydrogen-bond acceptors (Lipinski definition) is 6. The Balaban J connectivity index is 1.39. The van der Waals surface area contributed by atoms with Gasteiger partial charge in [0, 0.05) is 17.9 Å². The third-order valence-electron chi connectivity index (χ3n) is 4.09. The van der Waals surface area contributed by atoms with E-state index in [9.17, 15) is 9.59 Å². The van der Waals surface area contributed by atoms with E-state index in [1.165, 1.54) is 16.7 Å². The average molecular weight is 365 g/mol. The van der Waals surface area contributed by atoms with Crippen LogP contribution in [0.1, 0.15) is 26.3 Å². The maximum Gasteiger partial charge on any atom is 0.276 e. The minimum Gasteiger partial charge on any atom is -0.411 e. The number of benzene rings is 2. The summed E-state index contributed by atoms with van der Waals surface area (Å²) in [6, 6.07) is 14.7. The van der Waals surface area contributed by atoms with E-state index in [1.54, 1.807) is 24.3 Å². The Bertz CT molecular complexity index is 964. The molecule has 0 radical (unpaired) electrons. The van der Waals surface area contributed by atoms with Crippen molar-refractivity contribution in [1.29, 1.82) is 0 Å².